The summed E-state index contributed by atoms with van der Waals surface area (Å²) < 4.78 is 5.91. The number of carbonyl (C=O) groups is 2. The molecule has 26 heavy (non-hydrogen) atoms. The minimum absolute atomic E-state index is 0.170. The van der Waals surface area contributed by atoms with Gasteiger partial charge in [0.25, 0.3) is 5.91 Å². The van der Waals surface area contributed by atoms with Gasteiger partial charge in [0.2, 0.25) is 0 Å². The van der Waals surface area contributed by atoms with Crippen LogP contribution in [0.1, 0.15) is 27.2 Å². The number of carboxylic acid groups (broad SMARTS) is 1. The molecule has 1 aromatic heterocycles. The topological polar surface area (TPSA) is 79.5 Å². The average Bonchev–Trinajstić information content (AvgIpc) is 3.16. The normalized spacial score (nSPS) is 14.3. The number of fused-ring (bicyclic) bond motifs is 1. The quantitative estimate of drug-likeness (QED) is 0.688. The summed E-state index contributed by atoms with van der Waals surface area (Å²) in [5.41, 5.74) is 3.90. The maximum absolute atomic E-state index is 12.3. The molecule has 1 aliphatic heterocycles. The smallest absolute Gasteiger partial charge is 0.335 e. The fourth-order valence-electron chi connectivity index (χ4n) is 3.00. The third-order valence-corrected chi connectivity index (χ3v) is 4.34. The van der Waals surface area contributed by atoms with E-state index in [0.29, 0.717) is 22.7 Å². The van der Waals surface area contributed by atoms with Crippen LogP contribution >= 0.6 is 0 Å². The van der Waals surface area contributed by atoms with Crippen LogP contribution in [-0.4, -0.2) is 17.0 Å². The lowest BCUT2D eigenvalue weighted by molar-refractivity contribution is -0.110. The number of carbonyl (C=O) groups excluding carboxylic acids is 1. The van der Waals surface area contributed by atoms with Crippen LogP contribution in [0.4, 0.5) is 5.69 Å². The number of para-hydroxylation sites is 1. The Balaban J connectivity index is 1.75. The van der Waals surface area contributed by atoms with Gasteiger partial charge in [-0.2, -0.15) is 0 Å². The number of nitrogens with one attached hydrogen (secondary N) is 1. The van der Waals surface area contributed by atoms with E-state index in [4.69, 9.17) is 9.52 Å². The van der Waals surface area contributed by atoms with E-state index in [2.05, 4.69) is 5.32 Å². The van der Waals surface area contributed by atoms with E-state index in [-0.39, 0.29) is 11.5 Å². The highest BCUT2D eigenvalue weighted by molar-refractivity contribution is 6.34. The zero-order chi connectivity index (χ0) is 18.3. The summed E-state index contributed by atoms with van der Waals surface area (Å²) in [6, 6.07) is 15.9. The van der Waals surface area contributed by atoms with Crippen LogP contribution in [0.15, 0.2) is 59.0 Å². The van der Waals surface area contributed by atoms with Crippen LogP contribution in [0.25, 0.3) is 23.0 Å². The molecule has 2 N–H and O–H groups in total. The van der Waals surface area contributed by atoms with Crippen LogP contribution in [0.5, 0.6) is 0 Å². The largest absolute Gasteiger partial charge is 0.478 e. The number of anilines is 1. The molecule has 0 saturated heterocycles. The first-order chi connectivity index (χ1) is 12.5. The number of benzene rings is 2. The number of hydrogen-bond donors (Lipinski definition) is 2. The van der Waals surface area contributed by atoms with Gasteiger partial charge >= 0.3 is 5.97 Å². The van der Waals surface area contributed by atoms with Gasteiger partial charge in [-0.1, -0.05) is 30.3 Å². The molecule has 0 radical (unpaired) electrons. The van der Waals surface area contributed by atoms with Crippen molar-refractivity contribution in [3.05, 3.63) is 77.0 Å². The van der Waals surface area contributed by atoms with Gasteiger partial charge in [0, 0.05) is 16.8 Å². The standard InChI is InChI=1S/C21H15NO4/c1-12-9-19(13-5-4-6-14(10-13)21(24)25)26-18(12)11-16-15-7-2-3-8-17(15)22-20(16)23/h2-11H,1H3,(H,22,23)(H,24,25). The second-order valence-electron chi connectivity index (χ2n) is 6.10. The maximum Gasteiger partial charge on any atom is 0.335 e. The Labute approximate surface area is 149 Å². The second-order valence-corrected chi connectivity index (χ2v) is 6.10. The van der Waals surface area contributed by atoms with Crippen molar-refractivity contribution >= 4 is 29.2 Å². The molecule has 0 atom stereocenters. The number of rotatable bonds is 3. The van der Waals surface area contributed by atoms with Crippen molar-refractivity contribution in [1.82, 2.24) is 0 Å². The van der Waals surface area contributed by atoms with Crippen LogP contribution < -0.4 is 5.32 Å². The van der Waals surface area contributed by atoms with Crippen LogP contribution in [0.2, 0.25) is 0 Å². The molecule has 0 unspecified atom stereocenters. The van der Waals surface area contributed by atoms with Gasteiger partial charge in [-0.15, -0.1) is 0 Å². The number of furan rings is 1. The lowest BCUT2D eigenvalue weighted by Crippen LogP contribution is -2.03. The molecule has 5 nitrogen and oxygen atoms in total. The number of aryl methyl sites for hydroxylation is 1. The third kappa shape index (κ3) is 2.69. The molecule has 0 bridgehead atoms. The summed E-state index contributed by atoms with van der Waals surface area (Å²) in [5, 5.41) is 12.0. The highest BCUT2D eigenvalue weighted by Crippen LogP contribution is 2.34. The van der Waals surface area contributed by atoms with Gasteiger partial charge in [-0.05, 0) is 42.8 Å². The van der Waals surface area contributed by atoms with E-state index in [1.807, 2.05) is 37.3 Å². The second kappa shape index (κ2) is 6.04. The Morgan fingerprint density at radius 1 is 1.12 bits per heavy atom. The Kier molecular flexibility index (Phi) is 3.69. The monoisotopic (exact) mass is 345 g/mol. The molecule has 128 valence electrons. The third-order valence-electron chi connectivity index (χ3n) is 4.34. The lowest BCUT2D eigenvalue weighted by atomic mass is 10.1. The predicted octanol–water partition coefficient (Wildman–Crippen LogP) is 4.45. The van der Waals surface area contributed by atoms with Crippen molar-refractivity contribution in [2.75, 3.05) is 5.32 Å². The van der Waals surface area contributed by atoms with Crippen molar-refractivity contribution in [2.24, 2.45) is 0 Å². The number of hydrogen-bond acceptors (Lipinski definition) is 3. The maximum atomic E-state index is 12.3. The summed E-state index contributed by atoms with van der Waals surface area (Å²) in [7, 11) is 0. The molecule has 2 aromatic carbocycles. The molecule has 0 spiro atoms. The number of aromatic carboxylic acids is 1. The predicted molar refractivity (Wildman–Crippen MR) is 98.8 cm³/mol. The zero-order valence-corrected chi connectivity index (χ0v) is 13.9. The van der Waals surface area contributed by atoms with E-state index in [1.54, 1.807) is 24.3 Å². The Bertz CT molecular complexity index is 1080. The van der Waals surface area contributed by atoms with Crippen LogP contribution in [-0.2, 0) is 4.79 Å². The molecule has 3 aromatic rings. The van der Waals surface area contributed by atoms with Gasteiger partial charge in [0.15, 0.2) is 0 Å². The fraction of sp³-hybridized carbons (Fsp3) is 0.0476. The molecule has 0 fully saturated rings. The highest BCUT2D eigenvalue weighted by Gasteiger charge is 2.24. The summed E-state index contributed by atoms with van der Waals surface area (Å²) in [6.45, 7) is 1.89. The fourth-order valence-corrected chi connectivity index (χ4v) is 3.00. The minimum Gasteiger partial charge on any atom is -0.478 e. The summed E-state index contributed by atoms with van der Waals surface area (Å²) >= 11 is 0. The Hall–Kier alpha value is -3.60. The first-order valence-electron chi connectivity index (χ1n) is 8.09. The molecule has 1 amide bonds. The van der Waals surface area contributed by atoms with Gasteiger partial charge in [-0.25, -0.2) is 4.79 Å². The van der Waals surface area contributed by atoms with E-state index in [1.165, 1.54) is 6.07 Å². The van der Waals surface area contributed by atoms with E-state index < -0.39 is 5.97 Å². The molecule has 5 heteroatoms. The summed E-state index contributed by atoms with van der Waals surface area (Å²) in [6.07, 6.45) is 1.72. The first kappa shape index (κ1) is 15.9. The van der Waals surface area contributed by atoms with Crippen LogP contribution in [0, 0.1) is 6.92 Å². The van der Waals surface area contributed by atoms with E-state index in [0.717, 1.165) is 16.8 Å². The van der Waals surface area contributed by atoms with Crippen molar-refractivity contribution in [3.8, 4) is 11.3 Å². The number of carboxylic acids is 1. The van der Waals surface area contributed by atoms with Gasteiger partial charge < -0.3 is 14.8 Å². The average molecular weight is 345 g/mol. The van der Waals surface area contributed by atoms with E-state index in [9.17, 15) is 9.59 Å². The van der Waals surface area contributed by atoms with Crippen molar-refractivity contribution in [3.63, 3.8) is 0 Å². The SMILES string of the molecule is Cc1cc(-c2cccc(C(=O)O)c2)oc1C=C1C(=O)Nc2ccccc21. The number of amides is 1. The van der Waals surface area contributed by atoms with Gasteiger partial charge in [-0.3, -0.25) is 4.79 Å². The van der Waals surface area contributed by atoms with Crippen molar-refractivity contribution < 1.29 is 19.1 Å². The molecule has 4 rings (SSSR count). The summed E-state index contributed by atoms with van der Waals surface area (Å²) in [5.74, 6) is -0.0279. The van der Waals surface area contributed by atoms with E-state index >= 15 is 0 Å². The van der Waals surface area contributed by atoms with Gasteiger partial charge in [0.05, 0.1) is 11.1 Å². The Morgan fingerprint density at radius 3 is 2.73 bits per heavy atom. The zero-order valence-electron chi connectivity index (χ0n) is 13.9. The lowest BCUT2D eigenvalue weighted by Gasteiger charge is -1.99. The molecule has 2 heterocycles. The molecular formula is C21H15NO4. The molecular weight excluding hydrogens is 330 g/mol. The molecule has 1 aliphatic rings. The van der Waals surface area contributed by atoms with Crippen molar-refractivity contribution in [1.29, 1.82) is 0 Å². The first-order valence-corrected chi connectivity index (χ1v) is 8.09. The van der Waals surface area contributed by atoms with Crippen LogP contribution in [0.3, 0.4) is 0 Å². The minimum atomic E-state index is -0.989. The van der Waals surface area contributed by atoms with Gasteiger partial charge in [0.1, 0.15) is 11.5 Å². The summed E-state index contributed by atoms with van der Waals surface area (Å²) in [4.78, 5) is 23.4. The van der Waals surface area contributed by atoms with Crippen molar-refractivity contribution in [2.45, 2.75) is 6.92 Å². The molecule has 0 saturated carbocycles. The highest BCUT2D eigenvalue weighted by atomic mass is 16.4. The molecule has 0 aliphatic carbocycles. The Morgan fingerprint density at radius 2 is 1.92 bits per heavy atom.